The van der Waals surface area contributed by atoms with Crippen LogP contribution in [-0.4, -0.2) is 50.1 Å². The van der Waals surface area contributed by atoms with Gasteiger partial charge in [0.15, 0.2) is 15.8 Å². The summed E-state index contributed by atoms with van der Waals surface area (Å²) in [4.78, 5) is 6.52. The molecule has 0 unspecified atom stereocenters. The van der Waals surface area contributed by atoms with Crippen molar-refractivity contribution in [2.45, 2.75) is 12.3 Å². The van der Waals surface area contributed by atoms with Crippen molar-refractivity contribution in [2.75, 3.05) is 30.9 Å². The van der Waals surface area contributed by atoms with E-state index < -0.39 is 9.84 Å². The Morgan fingerprint density at radius 3 is 2.32 bits per heavy atom. The second-order valence-corrected chi connectivity index (χ2v) is 8.53. The molecule has 0 saturated carbocycles. The van der Waals surface area contributed by atoms with Crippen molar-refractivity contribution in [3.05, 3.63) is 35.4 Å². The van der Waals surface area contributed by atoms with Gasteiger partial charge in [-0.3, -0.25) is 0 Å². The van der Waals surface area contributed by atoms with Crippen LogP contribution in [0.2, 0.25) is 0 Å². The number of aliphatic imine (C=N–C) groups is 1. The fourth-order valence-electron chi connectivity index (χ4n) is 2.11. The Hall–Kier alpha value is -0.480. The number of guanidine groups is 1. The summed E-state index contributed by atoms with van der Waals surface area (Å²) in [6, 6.07) is 7.48. The molecule has 0 atom stereocenters. The van der Waals surface area contributed by atoms with Gasteiger partial charge < -0.3 is 10.6 Å². The van der Waals surface area contributed by atoms with Crippen molar-refractivity contribution >= 4 is 51.5 Å². The number of thioether (sulfide) groups is 1. The van der Waals surface area contributed by atoms with Gasteiger partial charge in [-0.1, -0.05) is 24.3 Å². The Balaban J connectivity index is 0.00000242. The molecule has 22 heavy (non-hydrogen) atoms. The molecule has 124 valence electrons. The van der Waals surface area contributed by atoms with E-state index in [0.29, 0.717) is 12.5 Å². The van der Waals surface area contributed by atoms with E-state index in [-0.39, 0.29) is 29.7 Å². The Labute approximate surface area is 153 Å². The highest BCUT2D eigenvalue weighted by molar-refractivity contribution is 14.0. The molecule has 0 spiro atoms. The molecule has 1 aliphatic heterocycles. The lowest BCUT2D eigenvalue weighted by Gasteiger charge is -2.27. The summed E-state index contributed by atoms with van der Waals surface area (Å²) in [5, 5.41) is 0. The molecule has 0 aliphatic carbocycles. The summed E-state index contributed by atoms with van der Waals surface area (Å²) >= 11 is 1.94. The predicted octanol–water partition coefficient (Wildman–Crippen LogP) is 1.71. The van der Waals surface area contributed by atoms with E-state index in [1.807, 2.05) is 36.0 Å². The van der Waals surface area contributed by atoms with Crippen molar-refractivity contribution in [3.63, 3.8) is 0 Å². The van der Waals surface area contributed by atoms with Gasteiger partial charge in [0.25, 0.3) is 0 Å². The van der Waals surface area contributed by atoms with Gasteiger partial charge >= 0.3 is 0 Å². The van der Waals surface area contributed by atoms with Crippen LogP contribution in [0.25, 0.3) is 0 Å². The Kier molecular flexibility index (Phi) is 7.98. The number of nitrogens with zero attached hydrogens (tertiary/aromatic N) is 2. The zero-order valence-electron chi connectivity index (χ0n) is 12.6. The van der Waals surface area contributed by atoms with Crippen LogP contribution >= 0.6 is 35.7 Å². The lowest BCUT2D eigenvalue weighted by atomic mass is 10.1. The van der Waals surface area contributed by atoms with E-state index in [1.54, 1.807) is 0 Å². The molecule has 0 aromatic heterocycles. The van der Waals surface area contributed by atoms with Crippen LogP contribution in [0.3, 0.4) is 0 Å². The third-order valence-corrected chi connectivity index (χ3v) is 5.01. The second kappa shape index (κ2) is 8.97. The zero-order chi connectivity index (χ0) is 15.3. The predicted molar refractivity (Wildman–Crippen MR) is 105 cm³/mol. The summed E-state index contributed by atoms with van der Waals surface area (Å²) < 4.78 is 22.5. The summed E-state index contributed by atoms with van der Waals surface area (Å²) in [5.41, 5.74) is 7.82. The number of halogens is 1. The van der Waals surface area contributed by atoms with E-state index in [9.17, 15) is 8.42 Å². The van der Waals surface area contributed by atoms with Crippen LogP contribution < -0.4 is 5.73 Å². The highest BCUT2D eigenvalue weighted by atomic mass is 127. The van der Waals surface area contributed by atoms with Crippen molar-refractivity contribution in [2.24, 2.45) is 10.7 Å². The van der Waals surface area contributed by atoms with Crippen molar-refractivity contribution in [1.82, 2.24) is 4.90 Å². The maximum absolute atomic E-state index is 11.2. The van der Waals surface area contributed by atoms with Gasteiger partial charge in [0.1, 0.15) is 0 Å². The molecule has 8 heteroatoms. The third-order valence-electron chi connectivity index (χ3n) is 3.21. The van der Waals surface area contributed by atoms with Gasteiger partial charge in [-0.2, -0.15) is 11.8 Å². The Morgan fingerprint density at radius 2 is 1.77 bits per heavy atom. The maximum Gasteiger partial charge on any atom is 0.191 e. The molecule has 0 amide bonds. The quantitative estimate of drug-likeness (QED) is 0.425. The van der Waals surface area contributed by atoms with Gasteiger partial charge in [-0.05, 0) is 11.1 Å². The van der Waals surface area contributed by atoms with Crippen LogP contribution in [0.5, 0.6) is 0 Å². The number of rotatable bonds is 4. The highest BCUT2D eigenvalue weighted by Gasteiger charge is 2.11. The minimum Gasteiger partial charge on any atom is -0.370 e. The molecule has 0 radical (unpaired) electrons. The lowest BCUT2D eigenvalue weighted by Crippen LogP contribution is -2.42. The van der Waals surface area contributed by atoms with E-state index in [0.717, 1.165) is 35.7 Å². The average Bonchev–Trinajstić information content (AvgIpc) is 2.45. The lowest BCUT2D eigenvalue weighted by molar-refractivity contribution is 0.455. The van der Waals surface area contributed by atoms with Gasteiger partial charge in [0, 0.05) is 30.9 Å². The van der Waals surface area contributed by atoms with E-state index in [4.69, 9.17) is 5.73 Å². The summed E-state index contributed by atoms with van der Waals surface area (Å²) in [7, 11) is -2.99. The van der Waals surface area contributed by atoms with Crippen molar-refractivity contribution < 1.29 is 8.42 Å². The molecule has 1 fully saturated rings. The molecule has 0 bridgehead atoms. The van der Waals surface area contributed by atoms with Gasteiger partial charge in [-0.15, -0.1) is 24.0 Å². The standard InChI is InChI=1S/C14H21N3O2S2.HI/c1-21(18,19)11-13-4-2-12(3-5-13)10-16-14(15)17-6-8-20-9-7-17;/h2-5H,6-11H2,1H3,(H2,15,16);1H. The minimum atomic E-state index is -2.99. The maximum atomic E-state index is 11.2. The second-order valence-electron chi connectivity index (χ2n) is 5.16. The molecule has 1 heterocycles. The fourth-order valence-corrected chi connectivity index (χ4v) is 3.81. The van der Waals surface area contributed by atoms with Crippen molar-refractivity contribution in [3.8, 4) is 0 Å². The average molecular weight is 455 g/mol. The number of hydrogen-bond donors (Lipinski definition) is 1. The van der Waals surface area contributed by atoms with Gasteiger partial charge in [-0.25, -0.2) is 13.4 Å². The molecule has 1 aromatic carbocycles. The van der Waals surface area contributed by atoms with E-state index in [1.165, 1.54) is 6.26 Å². The summed E-state index contributed by atoms with van der Waals surface area (Å²) in [5.74, 6) is 2.85. The first kappa shape index (κ1) is 19.6. The number of sulfone groups is 1. The molecular weight excluding hydrogens is 433 g/mol. The minimum absolute atomic E-state index is 0. The number of nitrogens with two attached hydrogens (primary N) is 1. The largest absolute Gasteiger partial charge is 0.370 e. The first-order valence-corrected chi connectivity index (χ1v) is 10.0. The Morgan fingerprint density at radius 1 is 1.23 bits per heavy atom. The monoisotopic (exact) mass is 455 g/mol. The summed E-state index contributed by atoms with van der Waals surface area (Å²) in [6.45, 7) is 2.43. The molecule has 2 rings (SSSR count). The van der Waals surface area contributed by atoms with Crippen molar-refractivity contribution in [1.29, 1.82) is 0 Å². The first-order chi connectivity index (χ1) is 9.94. The topological polar surface area (TPSA) is 75.8 Å². The smallest absolute Gasteiger partial charge is 0.191 e. The molecule has 1 aromatic rings. The fraction of sp³-hybridized carbons (Fsp3) is 0.500. The van der Waals surface area contributed by atoms with Crippen LogP contribution in [0.1, 0.15) is 11.1 Å². The molecule has 2 N–H and O–H groups in total. The molecular formula is C14H22IN3O2S2. The Bertz CT molecular complexity index is 597. The normalized spacial score (nSPS) is 16.2. The van der Waals surface area contributed by atoms with Crippen LogP contribution in [-0.2, 0) is 22.1 Å². The highest BCUT2D eigenvalue weighted by Crippen LogP contribution is 2.11. The van der Waals surface area contributed by atoms with Crippen LogP contribution in [0.4, 0.5) is 0 Å². The van der Waals surface area contributed by atoms with Crippen LogP contribution in [0.15, 0.2) is 29.3 Å². The van der Waals surface area contributed by atoms with E-state index in [2.05, 4.69) is 9.89 Å². The zero-order valence-corrected chi connectivity index (χ0v) is 16.5. The number of hydrogen-bond acceptors (Lipinski definition) is 4. The molecule has 5 nitrogen and oxygen atoms in total. The first-order valence-electron chi connectivity index (χ1n) is 6.82. The van der Waals surface area contributed by atoms with Gasteiger partial charge in [0.05, 0.1) is 12.3 Å². The summed E-state index contributed by atoms with van der Waals surface area (Å²) in [6.07, 6.45) is 1.24. The number of benzene rings is 1. The van der Waals surface area contributed by atoms with Gasteiger partial charge in [0.2, 0.25) is 0 Å². The third kappa shape index (κ3) is 6.74. The molecule has 1 saturated heterocycles. The van der Waals surface area contributed by atoms with Crippen LogP contribution in [0, 0.1) is 0 Å². The SMILES string of the molecule is CS(=O)(=O)Cc1ccc(CN=C(N)N2CCSCC2)cc1.I. The molecule has 1 aliphatic rings. The van der Waals surface area contributed by atoms with E-state index >= 15 is 0 Å².